The van der Waals surface area contributed by atoms with Gasteiger partial charge >= 0.3 is 0 Å². The van der Waals surface area contributed by atoms with Gasteiger partial charge < -0.3 is 10.6 Å². The Morgan fingerprint density at radius 1 is 1.00 bits per heavy atom. The van der Waals surface area contributed by atoms with Gasteiger partial charge in [-0.25, -0.2) is 0 Å². The van der Waals surface area contributed by atoms with E-state index in [9.17, 15) is 4.79 Å². The summed E-state index contributed by atoms with van der Waals surface area (Å²) in [6.07, 6.45) is 2.12. The molecule has 1 aliphatic carbocycles. The largest absolute Gasteiger partial charge is 0.348 e. The summed E-state index contributed by atoms with van der Waals surface area (Å²) in [6, 6.07) is 10.2. The number of carbonyl (C=O) groups is 1. The van der Waals surface area contributed by atoms with Gasteiger partial charge in [0, 0.05) is 11.7 Å². The van der Waals surface area contributed by atoms with Gasteiger partial charge in [0.15, 0.2) is 11.5 Å². The molecule has 2 aromatic rings. The molecule has 0 atom stereocenters. The van der Waals surface area contributed by atoms with Crippen LogP contribution in [0.3, 0.4) is 0 Å². The first kappa shape index (κ1) is 17.4. The molecule has 1 amide bonds. The van der Waals surface area contributed by atoms with Gasteiger partial charge in [-0.05, 0) is 47.9 Å². The molecule has 2 N–H and O–H groups in total. The Labute approximate surface area is 149 Å². The molecule has 0 spiro atoms. The second-order valence-electron chi connectivity index (χ2n) is 7.30. The van der Waals surface area contributed by atoms with E-state index in [4.69, 9.17) is 0 Å². The third-order valence-electron chi connectivity index (χ3n) is 4.44. The van der Waals surface area contributed by atoms with Crippen LogP contribution in [0.1, 0.15) is 74.0 Å². The highest BCUT2D eigenvalue weighted by molar-refractivity contribution is 5.92. The molecule has 5 nitrogen and oxygen atoms in total. The molecular weight excluding hydrogens is 312 g/mol. The minimum absolute atomic E-state index is 0.146. The van der Waals surface area contributed by atoms with Gasteiger partial charge in [0.1, 0.15) is 0 Å². The van der Waals surface area contributed by atoms with Crippen molar-refractivity contribution in [2.24, 2.45) is 0 Å². The zero-order valence-corrected chi connectivity index (χ0v) is 15.3. The predicted octanol–water partition coefficient (Wildman–Crippen LogP) is 4.36. The van der Waals surface area contributed by atoms with Crippen molar-refractivity contribution in [2.45, 2.75) is 58.4 Å². The Bertz CT molecular complexity index is 723. The Kier molecular flexibility index (Phi) is 5.02. The predicted molar refractivity (Wildman–Crippen MR) is 100 cm³/mol. The topological polar surface area (TPSA) is 66.9 Å². The maximum Gasteiger partial charge on any atom is 0.272 e. The zero-order valence-electron chi connectivity index (χ0n) is 15.3. The summed E-state index contributed by atoms with van der Waals surface area (Å²) < 4.78 is 0. The first-order valence-corrected chi connectivity index (χ1v) is 9.00. The molecule has 132 valence electrons. The number of carbonyl (C=O) groups excluding carboxylic acids is 1. The van der Waals surface area contributed by atoms with Crippen LogP contribution < -0.4 is 10.6 Å². The number of amides is 1. The highest BCUT2D eigenvalue weighted by Crippen LogP contribution is 2.34. The standard InChI is InChI=1S/C20H26N4O/c1-12(2)15-6-5-7-16(13(3)4)19(15)22-18-11-10-17(23-24-18)20(25)21-14-8-9-14/h5-7,10-14H,8-9H2,1-4H3,(H,21,25)(H,22,24). The summed E-state index contributed by atoms with van der Waals surface area (Å²) in [5.74, 6) is 1.31. The minimum atomic E-state index is -0.146. The fourth-order valence-corrected chi connectivity index (χ4v) is 2.83. The van der Waals surface area contributed by atoms with Gasteiger partial charge in [0.2, 0.25) is 0 Å². The molecule has 1 aliphatic rings. The number of para-hydroxylation sites is 1. The molecule has 1 saturated carbocycles. The first-order valence-electron chi connectivity index (χ1n) is 9.00. The van der Waals surface area contributed by atoms with Crippen molar-refractivity contribution >= 4 is 17.4 Å². The maximum atomic E-state index is 12.0. The summed E-state index contributed by atoms with van der Waals surface area (Å²) >= 11 is 0. The Balaban J connectivity index is 1.83. The second kappa shape index (κ2) is 7.21. The molecule has 25 heavy (non-hydrogen) atoms. The van der Waals surface area contributed by atoms with Gasteiger partial charge in [-0.2, -0.15) is 0 Å². The van der Waals surface area contributed by atoms with E-state index in [1.807, 2.05) is 6.07 Å². The molecule has 3 rings (SSSR count). The fourth-order valence-electron chi connectivity index (χ4n) is 2.83. The summed E-state index contributed by atoms with van der Waals surface area (Å²) in [6.45, 7) is 8.73. The van der Waals surface area contributed by atoms with Crippen LogP contribution >= 0.6 is 0 Å². The number of nitrogens with zero attached hydrogens (tertiary/aromatic N) is 2. The monoisotopic (exact) mass is 338 g/mol. The van der Waals surface area contributed by atoms with E-state index < -0.39 is 0 Å². The molecule has 1 aromatic carbocycles. The number of aromatic nitrogens is 2. The number of hydrogen-bond donors (Lipinski definition) is 2. The average molecular weight is 338 g/mol. The fraction of sp³-hybridized carbons (Fsp3) is 0.450. The summed E-state index contributed by atoms with van der Waals surface area (Å²) in [7, 11) is 0. The molecule has 5 heteroatoms. The molecule has 0 saturated heterocycles. The van der Waals surface area contributed by atoms with E-state index >= 15 is 0 Å². The molecule has 0 radical (unpaired) electrons. The highest BCUT2D eigenvalue weighted by Gasteiger charge is 2.24. The zero-order chi connectivity index (χ0) is 18.0. The molecule has 0 bridgehead atoms. The maximum absolute atomic E-state index is 12.0. The van der Waals surface area contributed by atoms with E-state index in [2.05, 4.69) is 66.7 Å². The van der Waals surface area contributed by atoms with Crippen LogP contribution in [-0.4, -0.2) is 22.1 Å². The molecule has 1 aromatic heterocycles. The van der Waals surface area contributed by atoms with Gasteiger partial charge in [-0.3, -0.25) is 4.79 Å². The smallest absolute Gasteiger partial charge is 0.272 e. The number of rotatable bonds is 6. The molecule has 0 unspecified atom stereocenters. The van der Waals surface area contributed by atoms with Crippen molar-refractivity contribution in [3.05, 3.63) is 47.2 Å². The second-order valence-corrected chi connectivity index (χ2v) is 7.30. The van der Waals surface area contributed by atoms with Crippen LogP contribution in [0.4, 0.5) is 11.5 Å². The van der Waals surface area contributed by atoms with E-state index in [0.29, 0.717) is 29.4 Å². The lowest BCUT2D eigenvalue weighted by molar-refractivity contribution is 0.0945. The third-order valence-corrected chi connectivity index (χ3v) is 4.44. The quantitative estimate of drug-likeness (QED) is 0.821. The molecule has 1 fully saturated rings. The Morgan fingerprint density at radius 3 is 2.12 bits per heavy atom. The van der Waals surface area contributed by atoms with Gasteiger partial charge in [0.05, 0.1) is 0 Å². The van der Waals surface area contributed by atoms with E-state index in [0.717, 1.165) is 18.5 Å². The van der Waals surface area contributed by atoms with Crippen molar-refractivity contribution < 1.29 is 4.79 Å². The van der Waals surface area contributed by atoms with Crippen LogP contribution in [-0.2, 0) is 0 Å². The summed E-state index contributed by atoms with van der Waals surface area (Å²) in [5, 5.41) is 14.6. The lowest BCUT2D eigenvalue weighted by Crippen LogP contribution is -2.26. The lowest BCUT2D eigenvalue weighted by atomic mass is 9.92. The van der Waals surface area contributed by atoms with Crippen molar-refractivity contribution in [1.82, 2.24) is 15.5 Å². The van der Waals surface area contributed by atoms with Crippen LogP contribution in [0, 0.1) is 0 Å². The van der Waals surface area contributed by atoms with Gasteiger partial charge in [0.25, 0.3) is 5.91 Å². The van der Waals surface area contributed by atoms with Crippen molar-refractivity contribution in [3.8, 4) is 0 Å². The Morgan fingerprint density at radius 2 is 1.64 bits per heavy atom. The third kappa shape index (κ3) is 4.16. The summed E-state index contributed by atoms with van der Waals surface area (Å²) in [5.41, 5.74) is 3.96. The highest BCUT2D eigenvalue weighted by atomic mass is 16.2. The number of nitrogens with one attached hydrogen (secondary N) is 2. The number of hydrogen-bond acceptors (Lipinski definition) is 4. The van der Waals surface area contributed by atoms with Gasteiger partial charge in [-0.15, -0.1) is 10.2 Å². The van der Waals surface area contributed by atoms with Crippen molar-refractivity contribution in [3.63, 3.8) is 0 Å². The van der Waals surface area contributed by atoms with Crippen molar-refractivity contribution in [2.75, 3.05) is 5.32 Å². The van der Waals surface area contributed by atoms with Gasteiger partial charge in [-0.1, -0.05) is 45.9 Å². The van der Waals surface area contributed by atoms with E-state index in [-0.39, 0.29) is 5.91 Å². The van der Waals surface area contributed by atoms with E-state index in [1.165, 1.54) is 11.1 Å². The molecular formula is C20H26N4O. The normalized spacial score (nSPS) is 14.0. The SMILES string of the molecule is CC(C)c1cccc(C(C)C)c1Nc1ccc(C(=O)NC2CC2)nn1. The van der Waals surface area contributed by atoms with Crippen LogP contribution in [0.2, 0.25) is 0 Å². The Hall–Kier alpha value is -2.43. The van der Waals surface area contributed by atoms with Crippen LogP contribution in [0.15, 0.2) is 30.3 Å². The van der Waals surface area contributed by atoms with Crippen LogP contribution in [0.25, 0.3) is 0 Å². The first-order chi connectivity index (χ1) is 12.0. The minimum Gasteiger partial charge on any atom is -0.348 e. The summed E-state index contributed by atoms with van der Waals surface area (Å²) in [4.78, 5) is 12.0. The molecule has 1 heterocycles. The van der Waals surface area contributed by atoms with E-state index in [1.54, 1.807) is 6.07 Å². The number of anilines is 2. The molecule has 0 aliphatic heterocycles. The number of benzene rings is 1. The average Bonchev–Trinajstić information content (AvgIpc) is 3.39. The lowest BCUT2D eigenvalue weighted by Gasteiger charge is -2.20. The van der Waals surface area contributed by atoms with Crippen LogP contribution in [0.5, 0.6) is 0 Å². The van der Waals surface area contributed by atoms with Crippen molar-refractivity contribution in [1.29, 1.82) is 0 Å².